The van der Waals surface area contributed by atoms with Gasteiger partial charge in [-0.05, 0) is 25.1 Å². The lowest BCUT2D eigenvalue weighted by atomic mass is 10.2. The van der Waals surface area contributed by atoms with Crippen LogP contribution in [0.5, 0.6) is 5.75 Å². The molecular formula is C14H15BrClNO3. The molecule has 6 heteroatoms. The van der Waals surface area contributed by atoms with E-state index in [1.165, 1.54) is 0 Å². The number of rotatable bonds is 5. The Morgan fingerprint density at radius 1 is 1.45 bits per heavy atom. The Balaban J connectivity index is 2.74. The molecule has 20 heavy (non-hydrogen) atoms. The number of fused-ring (bicyclic) bond motifs is 1. The number of hydrogen-bond donors (Lipinski definition) is 0. The minimum atomic E-state index is -0.391. The Morgan fingerprint density at radius 2 is 2.20 bits per heavy atom. The van der Waals surface area contributed by atoms with Crippen molar-refractivity contribution >= 4 is 44.4 Å². The Labute approximate surface area is 130 Å². The molecule has 0 amide bonds. The zero-order chi connectivity index (χ0) is 14.7. The number of carbonyl (C=O) groups excluding carboxylic acids is 1. The fraction of sp³-hybridized carbons (Fsp3) is 0.357. The number of benzene rings is 1. The summed E-state index contributed by atoms with van der Waals surface area (Å²) in [7, 11) is 1.55. The van der Waals surface area contributed by atoms with E-state index in [-0.39, 0.29) is 0 Å². The highest BCUT2D eigenvalue weighted by molar-refractivity contribution is 9.09. The van der Waals surface area contributed by atoms with E-state index in [1.54, 1.807) is 20.1 Å². The number of methoxy groups -OCH3 is 1. The third-order valence-corrected chi connectivity index (χ3v) is 3.55. The Hall–Kier alpha value is -1.20. The summed E-state index contributed by atoms with van der Waals surface area (Å²) in [6, 6.07) is 5.45. The summed E-state index contributed by atoms with van der Waals surface area (Å²) < 4.78 is 12.4. The minimum absolute atomic E-state index is 0.318. The van der Waals surface area contributed by atoms with Crippen molar-refractivity contribution in [3.05, 3.63) is 28.9 Å². The van der Waals surface area contributed by atoms with Crippen molar-refractivity contribution in [2.75, 3.05) is 19.0 Å². The second kappa shape index (κ2) is 6.50. The number of aromatic nitrogens is 1. The maximum atomic E-state index is 12.2. The van der Waals surface area contributed by atoms with E-state index in [2.05, 4.69) is 15.9 Å². The van der Waals surface area contributed by atoms with E-state index in [0.717, 1.165) is 10.9 Å². The maximum absolute atomic E-state index is 12.2. The standard InChI is InChI=1S/C14H15BrClNO3/c1-3-20-14(18)12-13(19-2)10-5-4-9(16)8-11(10)17(12)7-6-15/h4-5,8H,3,6-7H2,1-2H3. The molecule has 1 heterocycles. The van der Waals surface area contributed by atoms with Gasteiger partial charge in [0, 0.05) is 22.3 Å². The van der Waals surface area contributed by atoms with Crippen LogP contribution >= 0.6 is 27.5 Å². The zero-order valence-corrected chi connectivity index (χ0v) is 13.6. The molecule has 0 unspecified atom stereocenters. The maximum Gasteiger partial charge on any atom is 0.358 e. The average molecular weight is 361 g/mol. The number of hydrogen-bond acceptors (Lipinski definition) is 3. The number of ether oxygens (including phenoxy) is 2. The molecular weight excluding hydrogens is 346 g/mol. The van der Waals surface area contributed by atoms with Gasteiger partial charge in [0.15, 0.2) is 11.4 Å². The number of carbonyl (C=O) groups is 1. The molecule has 0 aliphatic rings. The van der Waals surface area contributed by atoms with Crippen molar-refractivity contribution in [3.8, 4) is 5.75 Å². The third kappa shape index (κ3) is 2.65. The van der Waals surface area contributed by atoms with Gasteiger partial charge in [-0.1, -0.05) is 27.5 Å². The predicted molar refractivity (Wildman–Crippen MR) is 83.3 cm³/mol. The van der Waals surface area contributed by atoms with E-state index in [0.29, 0.717) is 34.9 Å². The topological polar surface area (TPSA) is 40.5 Å². The lowest BCUT2D eigenvalue weighted by Gasteiger charge is -2.09. The first-order chi connectivity index (χ1) is 9.63. The number of alkyl halides is 1. The predicted octanol–water partition coefficient (Wildman–Crippen LogP) is 3.87. The van der Waals surface area contributed by atoms with Gasteiger partial charge in [-0.2, -0.15) is 0 Å². The molecule has 0 fully saturated rings. The molecule has 0 radical (unpaired) electrons. The first kappa shape index (κ1) is 15.2. The highest BCUT2D eigenvalue weighted by Gasteiger charge is 2.24. The molecule has 0 aliphatic carbocycles. The number of halogens is 2. The van der Waals surface area contributed by atoms with Gasteiger partial charge < -0.3 is 14.0 Å². The Kier molecular flexibility index (Phi) is 4.94. The molecule has 2 rings (SSSR count). The SMILES string of the molecule is CCOC(=O)c1c(OC)c2ccc(Cl)cc2n1CCBr. The number of esters is 1. The summed E-state index contributed by atoms with van der Waals surface area (Å²) in [6.07, 6.45) is 0. The molecule has 0 N–H and O–H groups in total. The average Bonchev–Trinajstić information content (AvgIpc) is 2.73. The van der Waals surface area contributed by atoms with Crippen LogP contribution < -0.4 is 4.74 Å². The number of aryl methyl sites for hydroxylation is 1. The van der Waals surface area contributed by atoms with Crippen LogP contribution in [0.3, 0.4) is 0 Å². The third-order valence-electron chi connectivity index (χ3n) is 2.96. The van der Waals surface area contributed by atoms with Crippen LogP contribution in [0.15, 0.2) is 18.2 Å². The minimum Gasteiger partial charge on any atom is -0.494 e. The van der Waals surface area contributed by atoms with E-state index in [9.17, 15) is 4.79 Å². The summed E-state index contributed by atoms with van der Waals surface area (Å²) in [5.74, 6) is 0.133. The van der Waals surface area contributed by atoms with Gasteiger partial charge in [-0.15, -0.1) is 0 Å². The van der Waals surface area contributed by atoms with E-state index in [4.69, 9.17) is 21.1 Å². The normalized spacial score (nSPS) is 10.8. The van der Waals surface area contributed by atoms with Crippen molar-refractivity contribution < 1.29 is 14.3 Å². The van der Waals surface area contributed by atoms with Gasteiger partial charge in [0.05, 0.1) is 19.2 Å². The van der Waals surface area contributed by atoms with Crippen LogP contribution in [-0.4, -0.2) is 29.6 Å². The van der Waals surface area contributed by atoms with Gasteiger partial charge in [0.25, 0.3) is 0 Å². The van der Waals surface area contributed by atoms with Crippen LogP contribution in [-0.2, 0) is 11.3 Å². The van der Waals surface area contributed by atoms with Gasteiger partial charge in [0.1, 0.15) is 0 Å². The highest BCUT2D eigenvalue weighted by atomic mass is 79.9. The smallest absolute Gasteiger partial charge is 0.358 e. The molecule has 0 aliphatic heterocycles. The van der Waals surface area contributed by atoms with Gasteiger partial charge in [0.2, 0.25) is 0 Å². The molecule has 0 bridgehead atoms. The molecule has 4 nitrogen and oxygen atoms in total. The largest absolute Gasteiger partial charge is 0.494 e. The van der Waals surface area contributed by atoms with Crippen LogP contribution in [0.2, 0.25) is 5.02 Å². The van der Waals surface area contributed by atoms with Crippen molar-refractivity contribution in [1.82, 2.24) is 4.57 Å². The molecule has 0 saturated carbocycles. The van der Waals surface area contributed by atoms with Gasteiger partial charge >= 0.3 is 5.97 Å². The first-order valence-corrected chi connectivity index (χ1v) is 7.72. The van der Waals surface area contributed by atoms with Gasteiger partial charge in [-0.3, -0.25) is 0 Å². The second-order valence-corrected chi connectivity index (χ2v) is 5.33. The molecule has 108 valence electrons. The molecule has 0 atom stereocenters. The molecule has 1 aromatic carbocycles. The van der Waals surface area contributed by atoms with Crippen LogP contribution in [0.25, 0.3) is 10.9 Å². The summed E-state index contributed by atoms with van der Waals surface area (Å²) in [5.41, 5.74) is 1.28. The van der Waals surface area contributed by atoms with Crippen molar-refractivity contribution in [1.29, 1.82) is 0 Å². The lowest BCUT2D eigenvalue weighted by molar-refractivity contribution is 0.0511. The van der Waals surface area contributed by atoms with Crippen molar-refractivity contribution in [2.24, 2.45) is 0 Å². The van der Waals surface area contributed by atoms with Crippen LogP contribution in [0.1, 0.15) is 17.4 Å². The summed E-state index contributed by atoms with van der Waals surface area (Å²) in [5, 5.41) is 2.17. The second-order valence-electron chi connectivity index (χ2n) is 4.10. The van der Waals surface area contributed by atoms with Gasteiger partial charge in [-0.25, -0.2) is 4.79 Å². The lowest BCUT2D eigenvalue weighted by Crippen LogP contribution is -2.14. The molecule has 2 aromatic rings. The fourth-order valence-corrected chi connectivity index (χ4v) is 2.74. The summed E-state index contributed by atoms with van der Waals surface area (Å²) in [4.78, 5) is 12.2. The monoisotopic (exact) mass is 359 g/mol. The summed E-state index contributed by atoms with van der Waals surface area (Å²) in [6.45, 7) is 2.71. The number of nitrogens with zero attached hydrogens (tertiary/aromatic N) is 1. The highest BCUT2D eigenvalue weighted by Crippen LogP contribution is 2.35. The van der Waals surface area contributed by atoms with Crippen LogP contribution in [0.4, 0.5) is 0 Å². The Morgan fingerprint density at radius 3 is 2.80 bits per heavy atom. The van der Waals surface area contributed by atoms with Crippen molar-refractivity contribution in [3.63, 3.8) is 0 Å². The van der Waals surface area contributed by atoms with Crippen molar-refractivity contribution in [2.45, 2.75) is 13.5 Å². The fourth-order valence-electron chi connectivity index (χ4n) is 2.22. The first-order valence-electron chi connectivity index (χ1n) is 6.22. The molecule has 0 saturated heterocycles. The zero-order valence-electron chi connectivity index (χ0n) is 11.3. The quantitative estimate of drug-likeness (QED) is 0.600. The molecule has 0 spiro atoms. The van der Waals surface area contributed by atoms with Crippen LogP contribution in [0, 0.1) is 0 Å². The van der Waals surface area contributed by atoms with E-state index < -0.39 is 5.97 Å². The van der Waals surface area contributed by atoms with E-state index in [1.807, 2.05) is 16.7 Å². The Bertz CT molecular complexity index is 639. The summed E-state index contributed by atoms with van der Waals surface area (Å²) >= 11 is 9.45. The van der Waals surface area contributed by atoms with E-state index >= 15 is 0 Å². The molecule has 1 aromatic heterocycles.